The van der Waals surface area contributed by atoms with Gasteiger partial charge in [-0.05, 0) is 57.0 Å². The number of piperidine rings is 1. The average molecular weight is 293 g/mol. The molecule has 2 fully saturated rings. The van der Waals surface area contributed by atoms with E-state index in [-0.39, 0.29) is 0 Å². The van der Waals surface area contributed by atoms with Crippen LogP contribution in [0.4, 0.5) is 5.82 Å². The first kappa shape index (κ1) is 13.5. The van der Waals surface area contributed by atoms with Crippen molar-refractivity contribution < 1.29 is 0 Å². The van der Waals surface area contributed by atoms with E-state index in [1.807, 2.05) is 18.2 Å². The molecule has 2 aliphatic rings. The zero-order chi connectivity index (χ0) is 14.9. The van der Waals surface area contributed by atoms with Crippen molar-refractivity contribution in [2.24, 2.45) is 0 Å². The van der Waals surface area contributed by atoms with E-state index in [4.69, 9.17) is 15.2 Å². The number of rotatable bonds is 3. The Morgan fingerprint density at radius 2 is 1.91 bits per heavy atom. The van der Waals surface area contributed by atoms with Gasteiger partial charge < -0.3 is 10.6 Å². The second kappa shape index (κ2) is 5.54. The maximum Gasteiger partial charge on any atom is 0.149 e. The fourth-order valence-electron chi connectivity index (χ4n) is 3.04. The van der Waals surface area contributed by atoms with Crippen molar-refractivity contribution in [3.63, 3.8) is 0 Å². The molecule has 5 heteroatoms. The summed E-state index contributed by atoms with van der Waals surface area (Å²) in [4.78, 5) is 9.69. The number of anilines is 1. The van der Waals surface area contributed by atoms with Crippen LogP contribution in [-0.2, 0) is 0 Å². The molecule has 0 amide bonds. The van der Waals surface area contributed by atoms with Crippen molar-refractivity contribution in [2.45, 2.75) is 37.6 Å². The van der Waals surface area contributed by atoms with Gasteiger partial charge in [-0.3, -0.25) is 0 Å². The van der Waals surface area contributed by atoms with Crippen LogP contribution in [0.1, 0.15) is 42.9 Å². The molecule has 22 heavy (non-hydrogen) atoms. The summed E-state index contributed by atoms with van der Waals surface area (Å²) in [6.45, 7) is 2.07. The molecule has 1 aromatic carbocycles. The lowest BCUT2D eigenvalue weighted by molar-refractivity contribution is 0.454. The van der Waals surface area contributed by atoms with Gasteiger partial charge >= 0.3 is 0 Å². The zero-order valence-corrected chi connectivity index (χ0v) is 12.5. The van der Waals surface area contributed by atoms with E-state index >= 15 is 0 Å². The van der Waals surface area contributed by atoms with Crippen molar-refractivity contribution in [3.05, 3.63) is 29.5 Å². The van der Waals surface area contributed by atoms with Crippen LogP contribution in [0.25, 0.3) is 11.0 Å². The molecule has 1 aromatic heterocycles. The SMILES string of the molecule is N#Cc1ccc2nc(NC3CC3)c(C3CCNCC3)nc2c1. The van der Waals surface area contributed by atoms with Crippen LogP contribution in [0.3, 0.4) is 0 Å². The number of nitrogens with one attached hydrogen (secondary N) is 2. The standard InChI is InChI=1S/C17H19N5/c18-10-11-1-4-14-15(9-11)21-16(12-5-7-19-8-6-12)17(22-14)20-13-2-3-13/h1,4,9,12-13,19H,2-3,5-8H2,(H,20,22). The first-order valence-electron chi connectivity index (χ1n) is 8.02. The molecular weight excluding hydrogens is 274 g/mol. The van der Waals surface area contributed by atoms with Gasteiger partial charge in [-0.25, -0.2) is 9.97 Å². The molecular formula is C17H19N5. The molecule has 0 atom stereocenters. The van der Waals surface area contributed by atoms with Crippen LogP contribution in [-0.4, -0.2) is 29.1 Å². The highest BCUT2D eigenvalue weighted by Crippen LogP contribution is 2.33. The van der Waals surface area contributed by atoms with Gasteiger partial charge in [0.2, 0.25) is 0 Å². The Bertz CT molecular complexity index is 739. The summed E-state index contributed by atoms with van der Waals surface area (Å²) >= 11 is 0. The third kappa shape index (κ3) is 2.62. The van der Waals surface area contributed by atoms with Crippen LogP contribution in [0, 0.1) is 11.3 Å². The summed E-state index contributed by atoms with van der Waals surface area (Å²) in [5, 5.41) is 16.0. The van der Waals surface area contributed by atoms with Gasteiger partial charge in [-0.1, -0.05) is 0 Å². The minimum absolute atomic E-state index is 0.449. The van der Waals surface area contributed by atoms with Crippen LogP contribution in [0.2, 0.25) is 0 Å². The van der Waals surface area contributed by atoms with Gasteiger partial charge in [0.15, 0.2) is 0 Å². The van der Waals surface area contributed by atoms with Crippen LogP contribution in [0.5, 0.6) is 0 Å². The second-order valence-electron chi connectivity index (χ2n) is 6.22. The smallest absolute Gasteiger partial charge is 0.149 e. The zero-order valence-electron chi connectivity index (χ0n) is 12.5. The normalized spacial score (nSPS) is 19.0. The van der Waals surface area contributed by atoms with Crippen molar-refractivity contribution in [1.82, 2.24) is 15.3 Å². The Labute approximate surface area is 129 Å². The fraction of sp³-hybridized carbons (Fsp3) is 0.471. The first-order chi connectivity index (χ1) is 10.8. The predicted octanol–water partition coefficient (Wildman–Crippen LogP) is 2.54. The van der Waals surface area contributed by atoms with Gasteiger partial charge in [0.1, 0.15) is 5.82 Å². The maximum absolute atomic E-state index is 9.08. The number of hydrogen-bond acceptors (Lipinski definition) is 5. The van der Waals surface area contributed by atoms with E-state index in [1.165, 1.54) is 12.8 Å². The summed E-state index contributed by atoms with van der Waals surface area (Å²) in [6.07, 6.45) is 4.63. The van der Waals surface area contributed by atoms with E-state index < -0.39 is 0 Å². The Balaban J connectivity index is 1.80. The summed E-state index contributed by atoms with van der Waals surface area (Å²) < 4.78 is 0. The van der Waals surface area contributed by atoms with E-state index in [1.54, 1.807) is 0 Å². The Morgan fingerprint density at radius 3 is 2.64 bits per heavy atom. The van der Waals surface area contributed by atoms with E-state index in [0.717, 1.165) is 48.5 Å². The molecule has 2 aromatic rings. The van der Waals surface area contributed by atoms with Crippen molar-refractivity contribution in [2.75, 3.05) is 18.4 Å². The lowest BCUT2D eigenvalue weighted by Gasteiger charge is -2.24. The van der Waals surface area contributed by atoms with Gasteiger partial charge in [-0.2, -0.15) is 5.26 Å². The molecule has 0 radical (unpaired) electrons. The molecule has 4 rings (SSSR count). The number of aromatic nitrogens is 2. The van der Waals surface area contributed by atoms with Crippen molar-refractivity contribution in [1.29, 1.82) is 5.26 Å². The third-order valence-corrected chi connectivity index (χ3v) is 4.46. The van der Waals surface area contributed by atoms with Gasteiger partial charge in [0.05, 0.1) is 28.4 Å². The molecule has 1 aliphatic carbocycles. The Morgan fingerprint density at radius 1 is 1.09 bits per heavy atom. The summed E-state index contributed by atoms with van der Waals surface area (Å²) in [5.41, 5.74) is 3.41. The third-order valence-electron chi connectivity index (χ3n) is 4.46. The molecule has 1 saturated heterocycles. The lowest BCUT2D eigenvalue weighted by Crippen LogP contribution is -2.27. The Hall–Kier alpha value is -2.19. The average Bonchev–Trinajstić information content (AvgIpc) is 3.38. The molecule has 112 valence electrons. The monoisotopic (exact) mass is 293 g/mol. The number of benzene rings is 1. The van der Waals surface area contributed by atoms with Gasteiger partial charge in [-0.15, -0.1) is 0 Å². The van der Waals surface area contributed by atoms with Crippen LogP contribution in [0.15, 0.2) is 18.2 Å². The molecule has 1 aliphatic heterocycles. The minimum Gasteiger partial charge on any atom is -0.366 e. The second-order valence-corrected chi connectivity index (χ2v) is 6.22. The Kier molecular flexibility index (Phi) is 3.39. The molecule has 2 heterocycles. The number of nitriles is 1. The topological polar surface area (TPSA) is 73.6 Å². The predicted molar refractivity (Wildman–Crippen MR) is 85.7 cm³/mol. The molecule has 0 bridgehead atoms. The van der Waals surface area contributed by atoms with Crippen molar-refractivity contribution >= 4 is 16.9 Å². The lowest BCUT2D eigenvalue weighted by atomic mass is 9.94. The summed E-state index contributed by atoms with van der Waals surface area (Å²) in [7, 11) is 0. The quantitative estimate of drug-likeness (QED) is 0.909. The summed E-state index contributed by atoms with van der Waals surface area (Å²) in [5.74, 6) is 1.40. The summed E-state index contributed by atoms with van der Waals surface area (Å²) in [6, 6.07) is 8.29. The van der Waals surface area contributed by atoms with E-state index in [9.17, 15) is 0 Å². The van der Waals surface area contributed by atoms with E-state index in [2.05, 4.69) is 16.7 Å². The maximum atomic E-state index is 9.08. The molecule has 0 unspecified atom stereocenters. The number of fused-ring (bicyclic) bond motifs is 1. The largest absolute Gasteiger partial charge is 0.366 e. The van der Waals surface area contributed by atoms with E-state index in [0.29, 0.717) is 17.5 Å². The highest BCUT2D eigenvalue weighted by Gasteiger charge is 2.26. The highest BCUT2D eigenvalue weighted by molar-refractivity contribution is 5.78. The molecule has 5 nitrogen and oxygen atoms in total. The van der Waals surface area contributed by atoms with Crippen LogP contribution < -0.4 is 10.6 Å². The molecule has 1 saturated carbocycles. The first-order valence-corrected chi connectivity index (χ1v) is 8.02. The fourth-order valence-corrected chi connectivity index (χ4v) is 3.04. The highest BCUT2D eigenvalue weighted by atomic mass is 15.1. The number of nitrogens with zero attached hydrogens (tertiary/aromatic N) is 3. The van der Waals surface area contributed by atoms with Crippen LogP contribution >= 0.6 is 0 Å². The van der Waals surface area contributed by atoms with Gasteiger partial charge in [0, 0.05) is 12.0 Å². The number of hydrogen-bond donors (Lipinski definition) is 2. The molecule has 0 spiro atoms. The molecule has 2 N–H and O–H groups in total. The minimum atomic E-state index is 0.449. The van der Waals surface area contributed by atoms with Crippen molar-refractivity contribution in [3.8, 4) is 6.07 Å². The van der Waals surface area contributed by atoms with Gasteiger partial charge in [0.25, 0.3) is 0 Å².